The van der Waals surface area contributed by atoms with Crippen LogP contribution in [0, 0.1) is 17.0 Å². The number of thioether (sulfide) groups is 1. The third kappa shape index (κ3) is 4.78. The fourth-order valence-corrected chi connectivity index (χ4v) is 4.22. The van der Waals surface area contributed by atoms with E-state index < -0.39 is 4.92 Å². The summed E-state index contributed by atoms with van der Waals surface area (Å²) in [5.74, 6) is 0.461. The van der Waals surface area contributed by atoms with Crippen LogP contribution in [-0.4, -0.2) is 36.3 Å². The number of hydrogen-bond donors (Lipinski definition) is 1. The topological polar surface area (TPSA) is 116 Å². The molecule has 31 heavy (non-hydrogen) atoms. The van der Waals surface area contributed by atoms with Gasteiger partial charge in [0.25, 0.3) is 5.69 Å². The van der Waals surface area contributed by atoms with Crippen LogP contribution in [0.3, 0.4) is 0 Å². The van der Waals surface area contributed by atoms with Gasteiger partial charge in [-0.05, 0) is 31.2 Å². The number of benzene rings is 2. The average molecular weight is 453 g/mol. The molecule has 0 saturated heterocycles. The van der Waals surface area contributed by atoms with Crippen molar-refractivity contribution in [3.05, 3.63) is 75.8 Å². The monoisotopic (exact) mass is 452 g/mol. The van der Waals surface area contributed by atoms with Gasteiger partial charge in [0.1, 0.15) is 0 Å². The van der Waals surface area contributed by atoms with Gasteiger partial charge in [-0.3, -0.25) is 19.5 Å². The molecular weight excluding hydrogens is 436 g/mol. The molecule has 1 amide bonds. The zero-order valence-corrected chi connectivity index (χ0v) is 17.9. The molecule has 9 nitrogen and oxygen atoms in total. The van der Waals surface area contributed by atoms with Crippen LogP contribution in [0.1, 0.15) is 4.88 Å². The van der Waals surface area contributed by atoms with E-state index in [2.05, 4.69) is 20.5 Å². The minimum atomic E-state index is -0.449. The van der Waals surface area contributed by atoms with Crippen LogP contribution < -0.4 is 5.32 Å². The first-order valence-electron chi connectivity index (χ1n) is 9.12. The van der Waals surface area contributed by atoms with E-state index in [0.717, 1.165) is 10.6 Å². The van der Waals surface area contributed by atoms with Crippen molar-refractivity contribution in [2.24, 2.45) is 0 Å². The molecule has 156 valence electrons. The zero-order valence-electron chi connectivity index (χ0n) is 16.3. The van der Waals surface area contributed by atoms with Gasteiger partial charge in [0.15, 0.2) is 16.1 Å². The predicted molar refractivity (Wildman–Crippen MR) is 120 cm³/mol. The van der Waals surface area contributed by atoms with Crippen molar-refractivity contribution in [2.75, 3.05) is 11.1 Å². The maximum atomic E-state index is 12.3. The number of aryl methyl sites for hydroxylation is 1. The third-order valence-corrected chi connectivity index (χ3v) is 5.94. The van der Waals surface area contributed by atoms with Gasteiger partial charge < -0.3 is 5.32 Å². The zero-order chi connectivity index (χ0) is 21.8. The number of nitrogens with zero attached hydrogens (tertiary/aromatic N) is 5. The first-order chi connectivity index (χ1) is 15.0. The van der Waals surface area contributed by atoms with Gasteiger partial charge in [-0.25, -0.2) is 4.98 Å². The summed E-state index contributed by atoms with van der Waals surface area (Å²) in [6.45, 7) is 1.92. The molecule has 2 heterocycles. The maximum Gasteiger partial charge on any atom is 0.269 e. The lowest BCUT2D eigenvalue weighted by molar-refractivity contribution is -0.384. The summed E-state index contributed by atoms with van der Waals surface area (Å²) < 4.78 is 1.83. The van der Waals surface area contributed by atoms with Crippen LogP contribution in [0.4, 0.5) is 10.8 Å². The number of carbonyl (C=O) groups excluding carboxylic acids is 1. The lowest BCUT2D eigenvalue weighted by Crippen LogP contribution is -2.14. The molecule has 0 spiro atoms. The SMILES string of the molecule is Cc1cnc(NC(=O)CSc2nnc(-c3ccc([N+](=O)[O-])cc3)n2-c2ccccc2)s1. The summed E-state index contributed by atoms with van der Waals surface area (Å²) in [5, 5.41) is 23.4. The highest BCUT2D eigenvalue weighted by molar-refractivity contribution is 7.99. The number of nitrogens with one attached hydrogen (secondary N) is 1. The van der Waals surface area contributed by atoms with Crippen LogP contribution in [0.15, 0.2) is 66.0 Å². The van der Waals surface area contributed by atoms with Crippen LogP contribution >= 0.6 is 23.1 Å². The van der Waals surface area contributed by atoms with Gasteiger partial charge in [-0.15, -0.1) is 21.5 Å². The van der Waals surface area contributed by atoms with E-state index in [9.17, 15) is 14.9 Å². The number of aromatic nitrogens is 4. The Morgan fingerprint density at radius 2 is 1.90 bits per heavy atom. The van der Waals surface area contributed by atoms with E-state index in [1.54, 1.807) is 18.3 Å². The van der Waals surface area contributed by atoms with Crippen LogP contribution in [-0.2, 0) is 4.79 Å². The van der Waals surface area contributed by atoms with E-state index in [4.69, 9.17) is 0 Å². The van der Waals surface area contributed by atoms with Gasteiger partial charge in [0, 0.05) is 34.5 Å². The van der Waals surface area contributed by atoms with Crippen LogP contribution in [0.5, 0.6) is 0 Å². The minimum Gasteiger partial charge on any atom is -0.301 e. The van der Waals surface area contributed by atoms with Crippen molar-refractivity contribution in [1.82, 2.24) is 19.7 Å². The highest BCUT2D eigenvalue weighted by atomic mass is 32.2. The third-order valence-electron chi connectivity index (χ3n) is 4.18. The van der Waals surface area contributed by atoms with Crippen molar-refractivity contribution in [2.45, 2.75) is 12.1 Å². The molecule has 0 aliphatic heterocycles. The number of para-hydroxylation sites is 1. The molecule has 0 radical (unpaired) electrons. The van der Waals surface area contributed by atoms with Crippen molar-refractivity contribution in [3.8, 4) is 17.1 Å². The van der Waals surface area contributed by atoms with Crippen molar-refractivity contribution < 1.29 is 9.72 Å². The van der Waals surface area contributed by atoms with E-state index in [-0.39, 0.29) is 17.3 Å². The summed E-state index contributed by atoms with van der Waals surface area (Å²) in [4.78, 5) is 28.0. The standard InChI is InChI=1S/C20H16N6O3S2/c1-13-11-21-19(31-13)22-17(27)12-30-20-24-23-18(25(20)15-5-3-2-4-6-15)14-7-9-16(10-8-14)26(28)29/h2-11H,12H2,1H3,(H,21,22,27). The fraction of sp³-hybridized carbons (Fsp3) is 0.100. The molecule has 0 fully saturated rings. The van der Waals surface area contributed by atoms with Gasteiger partial charge in [-0.1, -0.05) is 30.0 Å². The van der Waals surface area contributed by atoms with Crippen LogP contribution in [0.2, 0.25) is 0 Å². The minimum absolute atomic E-state index is 0.00165. The van der Waals surface area contributed by atoms with Crippen molar-refractivity contribution in [3.63, 3.8) is 0 Å². The van der Waals surface area contributed by atoms with E-state index in [1.165, 1.54) is 35.2 Å². The largest absolute Gasteiger partial charge is 0.301 e. The number of carbonyl (C=O) groups is 1. The second-order valence-electron chi connectivity index (χ2n) is 6.39. The molecule has 4 aromatic rings. The molecule has 0 saturated carbocycles. The van der Waals surface area contributed by atoms with Crippen molar-refractivity contribution in [1.29, 1.82) is 0 Å². The molecule has 11 heteroatoms. The second-order valence-corrected chi connectivity index (χ2v) is 8.57. The van der Waals surface area contributed by atoms with E-state index >= 15 is 0 Å². The summed E-state index contributed by atoms with van der Waals surface area (Å²) in [6.07, 6.45) is 1.70. The Labute approximate surface area is 185 Å². The number of anilines is 1. The fourth-order valence-electron chi connectivity index (χ4n) is 2.79. The first-order valence-corrected chi connectivity index (χ1v) is 10.9. The molecule has 2 aromatic heterocycles. The molecule has 1 N–H and O–H groups in total. The Morgan fingerprint density at radius 3 is 2.55 bits per heavy atom. The number of nitro groups is 1. The lowest BCUT2D eigenvalue weighted by atomic mass is 10.2. The second kappa shape index (κ2) is 9.06. The molecule has 0 bridgehead atoms. The van der Waals surface area contributed by atoms with Gasteiger partial charge in [0.2, 0.25) is 5.91 Å². The summed E-state index contributed by atoms with van der Waals surface area (Å²) in [5.41, 5.74) is 1.49. The lowest BCUT2D eigenvalue weighted by Gasteiger charge is -2.10. The first kappa shape index (κ1) is 20.7. The number of non-ortho nitro benzene ring substituents is 1. The molecule has 2 aromatic carbocycles. The number of nitro benzene ring substituents is 1. The smallest absolute Gasteiger partial charge is 0.269 e. The Morgan fingerprint density at radius 1 is 1.16 bits per heavy atom. The quantitative estimate of drug-likeness (QED) is 0.252. The molecule has 0 unspecified atom stereocenters. The molecular formula is C20H16N6O3S2. The predicted octanol–water partition coefficient (Wildman–Crippen LogP) is 4.34. The van der Waals surface area contributed by atoms with Crippen molar-refractivity contribution >= 4 is 39.8 Å². The Balaban J connectivity index is 1.60. The summed E-state index contributed by atoms with van der Waals surface area (Å²) in [6, 6.07) is 15.6. The molecule has 0 aliphatic carbocycles. The summed E-state index contributed by atoms with van der Waals surface area (Å²) >= 11 is 2.65. The Bertz CT molecular complexity index is 1220. The Hall–Kier alpha value is -3.57. The number of hydrogen-bond acceptors (Lipinski definition) is 8. The molecule has 0 aliphatic rings. The average Bonchev–Trinajstić information content (AvgIpc) is 3.39. The maximum absolute atomic E-state index is 12.3. The molecule has 4 rings (SSSR count). The number of rotatable bonds is 7. The summed E-state index contributed by atoms with van der Waals surface area (Å²) in [7, 11) is 0. The van der Waals surface area contributed by atoms with E-state index in [0.29, 0.717) is 21.7 Å². The number of thiazole rings is 1. The van der Waals surface area contributed by atoms with E-state index in [1.807, 2.05) is 41.8 Å². The Kier molecular flexibility index (Phi) is 6.05. The van der Waals surface area contributed by atoms with Crippen LogP contribution in [0.25, 0.3) is 17.1 Å². The van der Waals surface area contributed by atoms with Gasteiger partial charge in [0.05, 0.1) is 10.7 Å². The van der Waals surface area contributed by atoms with Gasteiger partial charge >= 0.3 is 0 Å². The van der Waals surface area contributed by atoms with Gasteiger partial charge in [-0.2, -0.15) is 0 Å². The number of amides is 1. The highest BCUT2D eigenvalue weighted by Gasteiger charge is 2.18. The highest BCUT2D eigenvalue weighted by Crippen LogP contribution is 2.29. The molecule has 0 atom stereocenters. The normalized spacial score (nSPS) is 10.7.